The van der Waals surface area contributed by atoms with Crippen molar-refractivity contribution in [2.75, 3.05) is 7.11 Å². The van der Waals surface area contributed by atoms with Crippen molar-refractivity contribution in [1.82, 2.24) is 4.72 Å². The molecule has 0 spiro atoms. The van der Waals surface area contributed by atoms with Gasteiger partial charge < -0.3 is 14.9 Å². The Bertz CT molecular complexity index is 654. The average Bonchev–Trinajstić information content (AvgIpc) is 2.36. The smallest absolute Gasteiger partial charge is 0.322 e. The fourth-order valence-corrected chi connectivity index (χ4v) is 2.90. The maximum atomic E-state index is 12.1. The molecule has 0 heterocycles. The first kappa shape index (κ1) is 16.9. The van der Waals surface area contributed by atoms with Gasteiger partial charge in [0, 0.05) is 0 Å². The van der Waals surface area contributed by atoms with E-state index in [9.17, 15) is 18.0 Å². The van der Waals surface area contributed by atoms with Crippen molar-refractivity contribution in [3.05, 3.63) is 23.8 Å². The topological polar surface area (TPSA) is 130 Å². The molecule has 0 aliphatic rings. The van der Waals surface area contributed by atoms with Crippen molar-refractivity contribution >= 4 is 22.0 Å². The van der Waals surface area contributed by atoms with Gasteiger partial charge in [-0.3, -0.25) is 9.59 Å². The third-order valence-electron chi connectivity index (χ3n) is 2.65. The number of aryl methyl sites for hydroxylation is 1. The first-order valence-corrected chi connectivity index (χ1v) is 7.27. The maximum Gasteiger partial charge on any atom is 0.322 e. The molecule has 116 valence electrons. The summed E-state index contributed by atoms with van der Waals surface area (Å²) in [5.41, 5.74) is 0.547. The fraction of sp³-hybridized carbons (Fsp3) is 0.333. The number of benzene rings is 1. The van der Waals surface area contributed by atoms with Crippen LogP contribution in [0.5, 0.6) is 5.75 Å². The van der Waals surface area contributed by atoms with Gasteiger partial charge in [0.1, 0.15) is 11.8 Å². The number of hydrogen-bond donors (Lipinski definition) is 3. The summed E-state index contributed by atoms with van der Waals surface area (Å²) in [5.74, 6) is -2.50. The van der Waals surface area contributed by atoms with Gasteiger partial charge in [-0.05, 0) is 30.7 Å². The van der Waals surface area contributed by atoms with Crippen molar-refractivity contribution in [3.8, 4) is 5.75 Å². The number of nitrogens with one attached hydrogen (secondary N) is 1. The monoisotopic (exact) mass is 317 g/mol. The van der Waals surface area contributed by atoms with Gasteiger partial charge in [0.2, 0.25) is 10.0 Å². The Morgan fingerprint density at radius 2 is 1.95 bits per heavy atom. The number of carbonyl (C=O) groups is 2. The van der Waals surface area contributed by atoms with Crippen LogP contribution in [0.3, 0.4) is 0 Å². The number of methoxy groups -OCH3 is 1. The van der Waals surface area contributed by atoms with E-state index in [2.05, 4.69) is 0 Å². The number of hydrogen-bond acceptors (Lipinski definition) is 5. The summed E-state index contributed by atoms with van der Waals surface area (Å²) < 4.78 is 31.0. The van der Waals surface area contributed by atoms with Crippen LogP contribution in [0.1, 0.15) is 12.0 Å². The highest BCUT2D eigenvalue weighted by Crippen LogP contribution is 2.21. The normalized spacial score (nSPS) is 12.7. The molecule has 0 aromatic heterocycles. The highest BCUT2D eigenvalue weighted by Gasteiger charge is 2.27. The van der Waals surface area contributed by atoms with Crippen molar-refractivity contribution in [2.45, 2.75) is 24.3 Å². The standard InChI is InChI=1S/C12H15NO7S/c1-7-5-8(3-4-10(7)20-2)21(18,19)13-9(12(16)17)6-11(14)15/h3-5,9,13H,6H2,1-2H3,(H,14,15)(H,16,17). The lowest BCUT2D eigenvalue weighted by molar-refractivity contribution is -0.145. The molecule has 1 aromatic rings. The fourth-order valence-electron chi connectivity index (χ4n) is 1.63. The number of carboxylic acid groups (broad SMARTS) is 2. The molecule has 0 fully saturated rings. The van der Waals surface area contributed by atoms with Crippen molar-refractivity contribution in [3.63, 3.8) is 0 Å². The molecule has 1 rings (SSSR count). The molecule has 8 nitrogen and oxygen atoms in total. The van der Waals surface area contributed by atoms with E-state index in [1.54, 1.807) is 6.92 Å². The minimum atomic E-state index is -4.15. The molecule has 1 atom stereocenters. The van der Waals surface area contributed by atoms with Gasteiger partial charge in [-0.1, -0.05) is 0 Å². The molecule has 3 N–H and O–H groups in total. The molecular weight excluding hydrogens is 302 g/mol. The third-order valence-corrected chi connectivity index (χ3v) is 4.12. The zero-order valence-corrected chi connectivity index (χ0v) is 12.2. The molecule has 0 radical (unpaired) electrons. The summed E-state index contributed by atoms with van der Waals surface area (Å²) in [4.78, 5) is 21.3. The van der Waals surface area contributed by atoms with E-state index in [1.165, 1.54) is 25.3 Å². The first-order chi connectivity index (χ1) is 9.67. The molecule has 0 saturated heterocycles. The van der Waals surface area contributed by atoms with Crippen LogP contribution in [-0.4, -0.2) is 43.7 Å². The van der Waals surface area contributed by atoms with Gasteiger partial charge in [-0.15, -0.1) is 0 Å². The Morgan fingerprint density at radius 1 is 1.33 bits per heavy atom. The van der Waals surface area contributed by atoms with Crippen LogP contribution >= 0.6 is 0 Å². The van der Waals surface area contributed by atoms with E-state index in [0.717, 1.165) is 0 Å². The van der Waals surface area contributed by atoms with Crippen molar-refractivity contribution in [2.24, 2.45) is 0 Å². The highest BCUT2D eigenvalue weighted by atomic mass is 32.2. The Morgan fingerprint density at radius 3 is 2.38 bits per heavy atom. The molecule has 0 bridgehead atoms. The Hall–Kier alpha value is -2.13. The summed E-state index contributed by atoms with van der Waals surface area (Å²) in [6, 6.07) is 2.24. The number of rotatable bonds is 7. The van der Waals surface area contributed by atoms with Crippen LogP contribution in [0.15, 0.2) is 23.1 Å². The largest absolute Gasteiger partial charge is 0.496 e. The van der Waals surface area contributed by atoms with Crippen LogP contribution in [0.25, 0.3) is 0 Å². The lowest BCUT2D eigenvalue weighted by Gasteiger charge is -2.14. The minimum absolute atomic E-state index is 0.169. The van der Waals surface area contributed by atoms with Gasteiger partial charge in [0.25, 0.3) is 0 Å². The summed E-state index contributed by atoms with van der Waals surface area (Å²) in [6.07, 6.45) is -0.857. The van der Waals surface area contributed by atoms with E-state index in [0.29, 0.717) is 11.3 Å². The molecule has 0 aliphatic carbocycles. The average molecular weight is 317 g/mol. The van der Waals surface area contributed by atoms with Gasteiger partial charge >= 0.3 is 11.9 Å². The molecule has 1 aromatic carbocycles. The molecule has 0 saturated carbocycles. The van der Waals surface area contributed by atoms with E-state index in [-0.39, 0.29) is 4.90 Å². The quantitative estimate of drug-likeness (QED) is 0.655. The van der Waals surface area contributed by atoms with Gasteiger partial charge in [0.05, 0.1) is 18.4 Å². The molecule has 1 unspecified atom stereocenters. The predicted molar refractivity (Wildman–Crippen MR) is 71.7 cm³/mol. The molecule has 21 heavy (non-hydrogen) atoms. The Balaban J connectivity index is 3.07. The summed E-state index contributed by atoms with van der Waals surface area (Å²) in [7, 11) is -2.71. The van der Waals surface area contributed by atoms with E-state index < -0.39 is 34.4 Å². The molecular formula is C12H15NO7S. The zero-order valence-electron chi connectivity index (χ0n) is 11.4. The number of ether oxygens (including phenoxy) is 1. The van der Waals surface area contributed by atoms with Crippen LogP contribution in [0.4, 0.5) is 0 Å². The summed E-state index contributed by atoms with van der Waals surface area (Å²) >= 11 is 0. The third kappa shape index (κ3) is 4.43. The minimum Gasteiger partial charge on any atom is -0.496 e. The highest BCUT2D eigenvalue weighted by molar-refractivity contribution is 7.89. The van der Waals surface area contributed by atoms with Crippen LogP contribution in [0, 0.1) is 6.92 Å². The van der Waals surface area contributed by atoms with Gasteiger partial charge in [-0.25, -0.2) is 8.42 Å². The van der Waals surface area contributed by atoms with Crippen molar-refractivity contribution < 1.29 is 33.0 Å². The van der Waals surface area contributed by atoms with Gasteiger partial charge in [-0.2, -0.15) is 4.72 Å². The second kappa shape index (κ2) is 6.55. The van der Waals surface area contributed by atoms with E-state index in [4.69, 9.17) is 14.9 Å². The lowest BCUT2D eigenvalue weighted by atomic mass is 10.2. The predicted octanol–water partition coefficient (Wildman–Crippen LogP) is 0.210. The molecule has 0 amide bonds. The lowest BCUT2D eigenvalue weighted by Crippen LogP contribution is -2.42. The van der Waals surface area contributed by atoms with Crippen LogP contribution in [0.2, 0.25) is 0 Å². The number of carboxylic acids is 2. The van der Waals surface area contributed by atoms with Gasteiger partial charge in [0.15, 0.2) is 0 Å². The zero-order chi connectivity index (χ0) is 16.2. The SMILES string of the molecule is COc1ccc(S(=O)(=O)NC(CC(=O)O)C(=O)O)cc1C. The first-order valence-electron chi connectivity index (χ1n) is 5.79. The van der Waals surface area contributed by atoms with E-state index in [1.807, 2.05) is 4.72 Å². The summed E-state index contributed by atoms with van der Waals surface area (Å²) in [5, 5.41) is 17.5. The number of aliphatic carboxylic acids is 2. The second-order valence-electron chi connectivity index (χ2n) is 4.24. The van der Waals surface area contributed by atoms with Crippen molar-refractivity contribution in [1.29, 1.82) is 0 Å². The second-order valence-corrected chi connectivity index (χ2v) is 5.96. The maximum absolute atomic E-state index is 12.1. The molecule has 0 aliphatic heterocycles. The Labute approximate surface area is 121 Å². The Kier molecular flexibility index (Phi) is 5.28. The van der Waals surface area contributed by atoms with Crippen LogP contribution < -0.4 is 9.46 Å². The summed E-state index contributed by atoms with van der Waals surface area (Å²) in [6.45, 7) is 1.63. The van der Waals surface area contributed by atoms with E-state index >= 15 is 0 Å². The number of sulfonamides is 1. The molecule has 9 heteroatoms. The van der Waals surface area contributed by atoms with Crippen LogP contribution in [-0.2, 0) is 19.6 Å².